The highest BCUT2D eigenvalue weighted by Crippen LogP contribution is 2.24. The van der Waals surface area contributed by atoms with E-state index in [0.717, 1.165) is 5.56 Å². The number of carbonyl (C=O) groups is 2. The largest absolute Gasteiger partial charge is 0.481 e. The number of halogens is 1. The summed E-state index contributed by atoms with van der Waals surface area (Å²) in [6, 6.07) is 9.86. The number of carbonyl (C=O) groups excluding carboxylic acids is 2. The molecule has 0 N–H and O–H groups in total. The van der Waals surface area contributed by atoms with E-state index in [0.29, 0.717) is 28.2 Å². The van der Waals surface area contributed by atoms with Gasteiger partial charge in [0, 0.05) is 31.0 Å². The van der Waals surface area contributed by atoms with Crippen molar-refractivity contribution in [2.75, 3.05) is 32.1 Å². The molecule has 1 aliphatic heterocycles. The molecule has 33 heavy (non-hydrogen) atoms. The zero-order valence-corrected chi connectivity index (χ0v) is 18.5. The van der Waals surface area contributed by atoms with Gasteiger partial charge in [-0.05, 0) is 42.8 Å². The van der Waals surface area contributed by atoms with Gasteiger partial charge in [0.1, 0.15) is 11.9 Å². The minimum absolute atomic E-state index is 0.197. The summed E-state index contributed by atoms with van der Waals surface area (Å²) in [7, 11) is 3.16. The maximum atomic E-state index is 13.9. The number of amides is 2. The van der Waals surface area contributed by atoms with Gasteiger partial charge >= 0.3 is 6.09 Å². The monoisotopic (exact) mass is 450 g/mol. The molecule has 1 atom stereocenters. The van der Waals surface area contributed by atoms with Crippen LogP contribution < -0.4 is 9.64 Å². The van der Waals surface area contributed by atoms with Crippen molar-refractivity contribution in [1.29, 1.82) is 0 Å². The number of rotatable bonds is 6. The van der Waals surface area contributed by atoms with Gasteiger partial charge in [-0.2, -0.15) is 0 Å². The van der Waals surface area contributed by atoms with Crippen LogP contribution in [0.5, 0.6) is 5.88 Å². The van der Waals surface area contributed by atoms with Crippen LogP contribution in [0.2, 0.25) is 0 Å². The number of cyclic esters (lactones) is 1. The number of pyridine rings is 2. The molecule has 1 unspecified atom stereocenters. The summed E-state index contributed by atoms with van der Waals surface area (Å²) < 4.78 is 24.4. The third-order valence-electron chi connectivity index (χ3n) is 5.40. The van der Waals surface area contributed by atoms with Crippen molar-refractivity contribution >= 4 is 34.8 Å². The van der Waals surface area contributed by atoms with Crippen molar-refractivity contribution in [3.63, 3.8) is 0 Å². The van der Waals surface area contributed by atoms with Crippen LogP contribution >= 0.6 is 0 Å². The zero-order valence-electron chi connectivity index (χ0n) is 18.5. The first-order valence-corrected chi connectivity index (χ1v) is 10.3. The lowest BCUT2D eigenvalue weighted by atomic mass is 10.2. The molecular formula is C24H23FN4O4. The van der Waals surface area contributed by atoms with Crippen LogP contribution in [0.4, 0.5) is 14.9 Å². The van der Waals surface area contributed by atoms with E-state index >= 15 is 0 Å². The fourth-order valence-corrected chi connectivity index (χ4v) is 3.54. The lowest BCUT2D eigenvalue weighted by Gasteiger charge is -2.18. The molecule has 1 fully saturated rings. The fourth-order valence-electron chi connectivity index (χ4n) is 3.54. The number of likely N-dealkylation sites (N-methyl/N-ethyl adjacent to an activating group) is 1. The molecule has 2 amide bonds. The van der Waals surface area contributed by atoms with E-state index in [4.69, 9.17) is 9.47 Å². The summed E-state index contributed by atoms with van der Waals surface area (Å²) in [4.78, 5) is 36.4. The maximum Gasteiger partial charge on any atom is 0.414 e. The molecule has 4 rings (SSSR count). The molecule has 8 nitrogen and oxygen atoms in total. The number of benzene rings is 1. The Morgan fingerprint density at radius 2 is 2.15 bits per heavy atom. The van der Waals surface area contributed by atoms with Crippen molar-refractivity contribution in [2.24, 2.45) is 0 Å². The highest BCUT2D eigenvalue weighted by Gasteiger charge is 2.33. The number of aromatic nitrogens is 2. The smallest absolute Gasteiger partial charge is 0.414 e. The quantitative estimate of drug-likeness (QED) is 0.534. The first-order valence-electron chi connectivity index (χ1n) is 10.3. The van der Waals surface area contributed by atoms with Crippen LogP contribution in [0.3, 0.4) is 0 Å². The number of anilines is 1. The zero-order chi connectivity index (χ0) is 23.5. The first kappa shape index (κ1) is 22.2. The van der Waals surface area contributed by atoms with Gasteiger partial charge in [-0.1, -0.05) is 6.07 Å². The predicted octanol–water partition coefficient (Wildman–Crippen LogP) is 3.58. The minimum atomic E-state index is -0.567. The van der Waals surface area contributed by atoms with Crippen LogP contribution in [0.15, 0.2) is 48.7 Å². The van der Waals surface area contributed by atoms with Crippen molar-refractivity contribution in [3.05, 3.63) is 65.6 Å². The first-order chi connectivity index (χ1) is 15.9. The Morgan fingerprint density at radius 1 is 1.33 bits per heavy atom. The molecule has 3 heterocycles. The standard InChI is InChI=1S/C24H23FN4O4/c1-15-4-6-17(12-19(15)25)29-14-18(33-24(29)31)13-28(2)22(30)9-5-16-10-11-26-20-7-8-21(32-3)27-23(16)20/h4-12,18H,13-14H2,1-3H3. The Morgan fingerprint density at radius 3 is 2.91 bits per heavy atom. The Kier molecular flexibility index (Phi) is 6.21. The number of nitrogens with zero attached hydrogens (tertiary/aromatic N) is 4. The van der Waals surface area contributed by atoms with Gasteiger partial charge in [-0.25, -0.2) is 14.2 Å². The molecule has 1 aliphatic rings. The third-order valence-corrected chi connectivity index (χ3v) is 5.40. The van der Waals surface area contributed by atoms with Crippen molar-refractivity contribution in [2.45, 2.75) is 13.0 Å². The van der Waals surface area contributed by atoms with Gasteiger partial charge in [0.15, 0.2) is 0 Å². The lowest BCUT2D eigenvalue weighted by molar-refractivity contribution is -0.125. The van der Waals surface area contributed by atoms with Crippen molar-refractivity contribution in [1.82, 2.24) is 14.9 Å². The number of aryl methyl sites for hydroxylation is 1. The Bertz CT molecular complexity index is 1250. The summed E-state index contributed by atoms with van der Waals surface area (Å²) in [5.41, 5.74) is 2.95. The van der Waals surface area contributed by atoms with Gasteiger partial charge in [-0.15, -0.1) is 0 Å². The highest BCUT2D eigenvalue weighted by atomic mass is 19.1. The van der Waals surface area contributed by atoms with Gasteiger partial charge < -0.3 is 14.4 Å². The number of hydrogen-bond donors (Lipinski definition) is 0. The summed E-state index contributed by atoms with van der Waals surface area (Å²) in [6.45, 7) is 2.07. The molecule has 1 aromatic carbocycles. The summed E-state index contributed by atoms with van der Waals surface area (Å²) >= 11 is 0. The second kappa shape index (κ2) is 9.23. The molecule has 0 aliphatic carbocycles. The van der Waals surface area contributed by atoms with Gasteiger partial charge in [0.25, 0.3) is 0 Å². The van der Waals surface area contributed by atoms with E-state index in [-0.39, 0.29) is 19.0 Å². The number of methoxy groups -OCH3 is 1. The van der Waals surface area contributed by atoms with Gasteiger partial charge in [0.05, 0.1) is 36.9 Å². The number of ether oxygens (including phenoxy) is 2. The highest BCUT2D eigenvalue weighted by molar-refractivity contribution is 5.95. The van der Waals surface area contributed by atoms with E-state index in [9.17, 15) is 14.0 Å². The van der Waals surface area contributed by atoms with E-state index in [1.165, 1.54) is 29.1 Å². The van der Waals surface area contributed by atoms with Crippen molar-refractivity contribution in [3.8, 4) is 5.88 Å². The van der Waals surface area contributed by atoms with Crippen molar-refractivity contribution < 1.29 is 23.5 Å². The maximum absolute atomic E-state index is 13.9. The van der Waals surface area contributed by atoms with Crippen LogP contribution in [-0.4, -0.2) is 60.2 Å². The molecule has 0 spiro atoms. The molecular weight excluding hydrogens is 427 g/mol. The van der Waals surface area contributed by atoms with E-state index < -0.39 is 18.0 Å². The summed E-state index contributed by atoms with van der Waals surface area (Å²) in [5.74, 6) is -0.203. The average molecular weight is 450 g/mol. The molecule has 9 heteroatoms. The molecule has 1 saturated heterocycles. The van der Waals surface area contributed by atoms with Crippen LogP contribution in [0.1, 0.15) is 11.1 Å². The number of fused-ring (bicyclic) bond motifs is 1. The Labute approximate surface area is 190 Å². The van der Waals surface area contributed by atoms with Crippen LogP contribution in [0, 0.1) is 12.7 Å². The Balaban J connectivity index is 1.42. The SMILES string of the molecule is COc1ccc2nccc(C=CC(=O)N(C)CC3CN(c4ccc(C)c(F)c4)C(=O)O3)c2n1. The second-order valence-electron chi connectivity index (χ2n) is 7.72. The fraction of sp³-hybridized carbons (Fsp3) is 0.250. The van der Waals surface area contributed by atoms with Gasteiger partial charge in [-0.3, -0.25) is 14.7 Å². The predicted molar refractivity (Wildman–Crippen MR) is 122 cm³/mol. The van der Waals surface area contributed by atoms with E-state index in [1.54, 1.807) is 56.6 Å². The summed E-state index contributed by atoms with van der Waals surface area (Å²) in [6.07, 6.45) is 3.64. The number of hydrogen-bond acceptors (Lipinski definition) is 6. The van der Waals surface area contributed by atoms with Gasteiger partial charge in [0.2, 0.25) is 11.8 Å². The molecule has 0 radical (unpaired) electrons. The van der Waals surface area contributed by atoms with Crippen LogP contribution in [0.25, 0.3) is 17.1 Å². The third kappa shape index (κ3) is 4.77. The molecule has 0 saturated carbocycles. The lowest BCUT2D eigenvalue weighted by Crippen LogP contribution is -2.35. The van der Waals surface area contributed by atoms with E-state index in [2.05, 4.69) is 9.97 Å². The molecule has 2 aromatic heterocycles. The minimum Gasteiger partial charge on any atom is -0.481 e. The normalized spacial score (nSPS) is 15.8. The Hall–Kier alpha value is -4.01. The van der Waals surface area contributed by atoms with Crippen LogP contribution in [-0.2, 0) is 9.53 Å². The second-order valence-corrected chi connectivity index (χ2v) is 7.72. The average Bonchev–Trinajstić information content (AvgIpc) is 3.18. The molecule has 170 valence electrons. The topological polar surface area (TPSA) is 84.9 Å². The summed E-state index contributed by atoms with van der Waals surface area (Å²) in [5, 5.41) is 0. The molecule has 0 bridgehead atoms. The molecule has 3 aromatic rings. The van der Waals surface area contributed by atoms with E-state index in [1.807, 2.05) is 0 Å².